The third-order valence-electron chi connectivity index (χ3n) is 14.7. The molecule has 1 atom stereocenters. The molecule has 4 saturated heterocycles. The Labute approximate surface area is 431 Å². The summed E-state index contributed by atoms with van der Waals surface area (Å²) >= 11 is 0. The summed E-state index contributed by atoms with van der Waals surface area (Å²) in [6.07, 6.45) is 21.3. The summed E-state index contributed by atoms with van der Waals surface area (Å²) in [5.74, 6) is 1.79. The third-order valence-corrected chi connectivity index (χ3v) is 14.7. The number of pyridine rings is 1. The lowest BCUT2D eigenvalue weighted by molar-refractivity contribution is -0.123. The molecule has 1 aromatic heterocycles. The minimum absolute atomic E-state index is 0.129. The SMILES string of the molecule is C#CC.C1CCCC1.C=C1CC[C@H](c2c(F)cc(N3CC(N4CCC5(CC4)CN(c4ccc6c(c4)N(C)/C(=C\CCCC(=O)c4cc(C)nc(/C(C)=C(/CCC)OC)c4)N6)C5)C3)cc2F)C(=O)N1.CC.CC. The van der Waals surface area contributed by atoms with Crippen LogP contribution >= 0.6 is 0 Å². The Bertz CT molecular complexity index is 2380. The molecule has 1 amide bonds. The van der Waals surface area contributed by atoms with Gasteiger partial charge in [-0.15, -0.1) is 12.3 Å². The van der Waals surface area contributed by atoms with E-state index in [1.54, 1.807) is 14.0 Å². The molecule has 9 rings (SSSR count). The maximum Gasteiger partial charge on any atom is 0.231 e. The van der Waals surface area contributed by atoms with Gasteiger partial charge in [0.25, 0.3) is 0 Å². The van der Waals surface area contributed by atoms with Crippen LogP contribution in [0.15, 0.2) is 72.4 Å². The molecule has 1 saturated carbocycles. The Hall–Kier alpha value is -5.67. The average molecular weight is 990 g/mol. The number of nitrogens with zero attached hydrogens (tertiary/aromatic N) is 5. The molecular formula is C60H85F2N7O3. The number of aryl methyl sites for hydroxylation is 1. The highest BCUT2D eigenvalue weighted by Crippen LogP contribution is 2.46. The van der Waals surface area contributed by atoms with Crippen LogP contribution in [0, 0.1) is 36.3 Å². The number of likely N-dealkylation sites (tertiary alicyclic amines) is 1. The summed E-state index contributed by atoms with van der Waals surface area (Å²) < 4.78 is 36.0. The first-order valence-electron chi connectivity index (χ1n) is 27.0. The van der Waals surface area contributed by atoms with Crippen molar-refractivity contribution in [2.24, 2.45) is 5.41 Å². The van der Waals surface area contributed by atoms with E-state index >= 15 is 8.78 Å². The van der Waals surface area contributed by atoms with Crippen LogP contribution in [-0.2, 0) is 9.53 Å². The number of fused-ring (bicyclic) bond motifs is 1. The lowest BCUT2D eigenvalue weighted by Crippen LogP contribution is -2.65. The number of carbonyl (C=O) groups is 2. The van der Waals surface area contributed by atoms with Crippen molar-refractivity contribution in [3.05, 3.63) is 107 Å². The molecule has 6 aliphatic rings. The van der Waals surface area contributed by atoms with Gasteiger partial charge in [0.15, 0.2) is 5.78 Å². The van der Waals surface area contributed by atoms with Crippen molar-refractivity contribution in [1.82, 2.24) is 15.2 Å². The van der Waals surface area contributed by atoms with Crippen LogP contribution in [0.3, 0.4) is 0 Å². The van der Waals surface area contributed by atoms with Gasteiger partial charge < -0.3 is 30.1 Å². The average Bonchev–Trinajstić information content (AvgIpc) is 4.05. The van der Waals surface area contributed by atoms with Crippen LogP contribution < -0.4 is 25.3 Å². The number of halogens is 2. The lowest BCUT2D eigenvalue weighted by atomic mass is 9.71. The van der Waals surface area contributed by atoms with Crippen molar-refractivity contribution in [3.8, 4) is 12.3 Å². The first-order valence-corrected chi connectivity index (χ1v) is 27.0. The topological polar surface area (TPSA) is 93.3 Å². The first-order chi connectivity index (χ1) is 34.8. The molecule has 12 heteroatoms. The van der Waals surface area contributed by atoms with E-state index < -0.39 is 23.5 Å². The Morgan fingerprint density at radius 2 is 1.57 bits per heavy atom. The molecular weight excluding hydrogens is 905 g/mol. The highest BCUT2D eigenvalue weighted by molar-refractivity contribution is 5.96. The summed E-state index contributed by atoms with van der Waals surface area (Å²) in [4.78, 5) is 39.7. The molecule has 2 aromatic carbocycles. The number of amides is 1. The molecule has 0 radical (unpaired) electrons. The molecule has 72 heavy (non-hydrogen) atoms. The highest BCUT2D eigenvalue weighted by Gasteiger charge is 2.47. The van der Waals surface area contributed by atoms with E-state index in [4.69, 9.17) is 4.74 Å². The number of ether oxygens (including phenoxy) is 1. The Morgan fingerprint density at radius 1 is 0.944 bits per heavy atom. The monoisotopic (exact) mass is 990 g/mol. The highest BCUT2D eigenvalue weighted by atomic mass is 19.1. The molecule has 5 aliphatic heterocycles. The molecule has 2 N–H and O–H groups in total. The number of aromatic nitrogens is 1. The fourth-order valence-corrected chi connectivity index (χ4v) is 10.7. The Morgan fingerprint density at radius 3 is 2.15 bits per heavy atom. The zero-order valence-electron chi connectivity index (χ0n) is 45.4. The zero-order chi connectivity index (χ0) is 52.5. The number of unbranched alkanes of at least 4 members (excludes halogenated alkanes) is 1. The van der Waals surface area contributed by atoms with E-state index in [1.165, 1.54) is 49.9 Å². The van der Waals surface area contributed by atoms with Crippen molar-refractivity contribution >= 4 is 40.0 Å². The number of rotatable bonds is 13. The number of terminal acetylenes is 1. The van der Waals surface area contributed by atoms with Crippen molar-refractivity contribution < 1.29 is 23.1 Å². The smallest absolute Gasteiger partial charge is 0.231 e. The second-order valence-corrected chi connectivity index (χ2v) is 19.7. The normalized spacial score (nSPS) is 19.7. The molecule has 3 aromatic rings. The largest absolute Gasteiger partial charge is 0.501 e. The van der Waals surface area contributed by atoms with Crippen LogP contribution in [0.1, 0.15) is 172 Å². The van der Waals surface area contributed by atoms with Gasteiger partial charge >= 0.3 is 0 Å². The molecule has 1 spiro atoms. The first kappa shape index (κ1) is 57.2. The third kappa shape index (κ3) is 14.1. The van der Waals surface area contributed by atoms with Crippen LogP contribution in [0.4, 0.5) is 31.5 Å². The molecule has 6 heterocycles. The van der Waals surface area contributed by atoms with Gasteiger partial charge in [-0.05, 0) is 127 Å². The summed E-state index contributed by atoms with van der Waals surface area (Å²) in [6.45, 7) is 25.1. The molecule has 0 unspecified atom stereocenters. The maximum atomic E-state index is 15.2. The minimum Gasteiger partial charge on any atom is -0.501 e. The molecule has 5 fully saturated rings. The summed E-state index contributed by atoms with van der Waals surface area (Å²) in [5.41, 5.74) is 8.10. The van der Waals surface area contributed by atoms with Crippen molar-refractivity contribution in [2.45, 2.75) is 157 Å². The minimum atomic E-state index is -0.832. The van der Waals surface area contributed by atoms with Crippen LogP contribution in [-0.4, -0.2) is 81.0 Å². The zero-order valence-corrected chi connectivity index (χ0v) is 45.4. The fourth-order valence-electron chi connectivity index (χ4n) is 10.7. The van der Waals surface area contributed by atoms with E-state index in [9.17, 15) is 9.59 Å². The number of piperidine rings is 2. The van der Waals surface area contributed by atoms with Gasteiger partial charge in [-0.25, -0.2) is 8.78 Å². The molecule has 0 bridgehead atoms. The number of methoxy groups -OCH3 is 1. The second-order valence-electron chi connectivity index (χ2n) is 19.7. The van der Waals surface area contributed by atoms with Gasteiger partial charge in [0.2, 0.25) is 5.91 Å². The maximum absolute atomic E-state index is 15.2. The number of benzene rings is 2. The second kappa shape index (κ2) is 27.4. The number of nitrogens with one attached hydrogen (secondary N) is 2. The molecule has 392 valence electrons. The number of Topliss-reactive ketones (excluding diaryl/α,β-unsaturated/α-hetero) is 1. The van der Waals surface area contributed by atoms with E-state index in [2.05, 4.69) is 87.5 Å². The van der Waals surface area contributed by atoms with Crippen LogP contribution in [0.25, 0.3) is 5.57 Å². The number of hydrogen-bond donors (Lipinski definition) is 2. The Balaban J connectivity index is 0.000000724. The predicted molar refractivity (Wildman–Crippen MR) is 296 cm³/mol. The molecule has 1 aliphatic carbocycles. The van der Waals surface area contributed by atoms with Crippen molar-refractivity contribution in [2.75, 3.05) is 73.4 Å². The van der Waals surface area contributed by atoms with Gasteiger partial charge in [0, 0.05) is 97.0 Å². The van der Waals surface area contributed by atoms with Gasteiger partial charge in [-0.1, -0.05) is 73.3 Å². The number of anilines is 4. The van der Waals surface area contributed by atoms with Gasteiger partial charge in [0.05, 0.1) is 30.1 Å². The number of carbonyl (C=O) groups excluding carboxylic acids is 2. The number of allylic oxidation sites excluding steroid dienone is 4. The quantitative estimate of drug-likeness (QED) is 0.0752. The molecule has 10 nitrogen and oxygen atoms in total. The van der Waals surface area contributed by atoms with E-state index in [0.29, 0.717) is 47.7 Å². The fraction of sp³-hybridized carbons (Fsp3) is 0.550. The lowest BCUT2D eigenvalue weighted by Gasteiger charge is -2.57. The number of ketones is 1. The predicted octanol–water partition coefficient (Wildman–Crippen LogP) is 13.5. The summed E-state index contributed by atoms with van der Waals surface area (Å²) in [7, 11) is 3.78. The van der Waals surface area contributed by atoms with Crippen molar-refractivity contribution in [1.29, 1.82) is 0 Å². The standard InChI is InChI=1S/C48H59F2N7O3.C5H10.C3H4.2C2H6/c1-7-10-44(60-6)32(4)41-22-33(21-31(3)51-41)43(58)11-8-9-12-45-53-40-16-14-34(25-42(40)54(45)5)57-28-48(29-57)17-19-55(20-18-48)36-26-56(27-36)35-23-38(49)46(39(50)24-35)37-15-13-30(2)52-47(37)59;1-2-4-5-3-1;1-3-2;2*1-2/h12,14,16,21-25,36-37,53H,2,7-11,13,15,17-20,26-29H2,1,3-6H3,(H,52,59);1-5H2;1H,2H3;2*1-2H3/b44-32-,45-12-;;;;/t37-;;;;/m1..../s1. The van der Waals surface area contributed by atoms with E-state index in [-0.39, 0.29) is 11.3 Å². The van der Waals surface area contributed by atoms with Crippen LogP contribution in [0.5, 0.6) is 0 Å². The van der Waals surface area contributed by atoms with Gasteiger partial charge in [0.1, 0.15) is 23.2 Å². The van der Waals surface area contributed by atoms with Gasteiger partial charge in [-0.3, -0.25) is 19.5 Å². The summed E-state index contributed by atoms with van der Waals surface area (Å²) in [5, 5.41) is 6.22. The van der Waals surface area contributed by atoms with Crippen LogP contribution in [0.2, 0.25) is 0 Å². The van der Waals surface area contributed by atoms with Crippen molar-refractivity contribution in [3.63, 3.8) is 0 Å². The number of hydrogen-bond acceptors (Lipinski definition) is 9. The Kier molecular flexibility index (Phi) is 21.8. The van der Waals surface area contributed by atoms with E-state index in [0.717, 1.165) is 118 Å². The summed E-state index contributed by atoms with van der Waals surface area (Å²) in [6, 6.07) is 13.6. The van der Waals surface area contributed by atoms with E-state index in [1.807, 2.05) is 58.6 Å². The van der Waals surface area contributed by atoms with Gasteiger partial charge in [-0.2, -0.15) is 0 Å².